The van der Waals surface area contributed by atoms with E-state index in [1.165, 1.54) is 6.08 Å². The van der Waals surface area contributed by atoms with Gasteiger partial charge in [-0.2, -0.15) is 0 Å². The van der Waals surface area contributed by atoms with Crippen molar-refractivity contribution in [2.24, 2.45) is 0 Å². The number of nitrogens with one attached hydrogen (secondary N) is 2. The van der Waals surface area contributed by atoms with Gasteiger partial charge in [-0.1, -0.05) is 6.58 Å². The highest BCUT2D eigenvalue weighted by atomic mass is 16.2. The van der Waals surface area contributed by atoms with Crippen molar-refractivity contribution < 1.29 is 14.4 Å². The van der Waals surface area contributed by atoms with Crippen LogP contribution >= 0.6 is 0 Å². The van der Waals surface area contributed by atoms with E-state index >= 15 is 0 Å². The largest absolute Gasteiger partial charge is 0.341 e. The summed E-state index contributed by atoms with van der Waals surface area (Å²) >= 11 is 0. The number of nitrogens with zero attached hydrogens (tertiary/aromatic N) is 2. The SMILES string of the molecule is C=CC(=O)N1CCCc2cc(C(=O)N3CCCCC3CNC(=O)NC)ccc21. The molecule has 1 fully saturated rings. The highest BCUT2D eigenvalue weighted by Crippen LogP contribution is 2.29. The van der Waals surface area contributed by atoms with E-state index in [4.69, 9.17) is 0 Å². The van der Waals surface area contributed by atoms with E-state index in [1.54, 1.807) is 18.0 Å². The van der Waals surface area contributed by atoms with Crippen LogP contribution in [0.4, 0.5) is 10.5 Å². The molecule has 2 aliphatic rings. The molecule has 0 spiro atoms. The molecule has 3 rings (SSSR count). The minimum atomic E-state index is -0.237. The lowest BCUT2D eigenvalue weighted by atomic mass is 9.96. The number of benzene rings is 1. The Morgan fingerprint density at radius 1 is 1.21 bits per heavy atom. The number of rotatable bonds is 4. The molecule has 7 nitrogen and oxygen atoms in total. The van der Waals surface area contributed by atoms with Crippen molar-refractivity contribution in [3.8, 4) is 0 Å². The van der Waals surface area contributed by atoms with E-state index in [0.717, 1.165) is 43.4 Å². The van der Waals surface area contributed by atoms with Crippen molar-refractivity contribution in [1.82, 2.24) is 15.5 Å². The molecular weight excluding hydrogens is 356 g/mol. The molecule has 0 aliphatic carbocycles. The number of piperidine rings is 1. The van der Waals surface area contributed by atoms with Crippen molar-refractivity contribution in [1.29, 1.82) is 0 Å². The van der Waals surface area contributed by atoms with Gasteiger partial charge in [-0.05, 0) is 61.9 Å². The van der Waals surface area contributed by atoms with Gasteiger partial charge in [0.15, 0.2) is 0 Å². The average molecular weight is 384 g/mol. The lowest BCUT2D eigenvalue weighted by Gasteiger charge is -2.36. The maximum Gasteiger partial charge on any atom is 0.314 e. The van der Waals surface area contributed by atoms with Crippen molar-refractivity contribution in [3.63, 3.8) is 0 Å². The van der Waals surface area contributed by atoms with Crippen molar-refractivity contribution >= 4 is 23.5 Å². The topological polar surface area (TPSA) is 81.8 Å². The smallest absolute Gasteiger partial charge is 0.314 e. The number of hydrogen-bond acceptors (Lipinski definition) is 3. The van der Waals surface area contributed by atoms with Gasteiger partial charge >= 0.3 is 6.03 Å². The highest BCUT2D eigenvalue weighted by Gasteiger charge is 2.29. The quantitative estimate of drug-likeness (QED) is 0.780. The summed E-state index contributed by atoms with van der Waals surface area (Å²) < 4.78 is 0. The van der Waals surface area contributed by atoms with Crippen LogP contribution in [0, 0.1) is 0 Å². The second-order valence-electron chi connectivity index (χ2n) is 7.25. The number of urea groups is 1. The molecule has 1 atom stereocenters. The Labute approximate surface area is 165 Å². The lowest BCUT2D eigenvalue weighted by Crippen LogP contribution is -2.50. The van der Waals surface area contributed by atoms with E-state index in [2.05, 4.69) is 17.2 Å². The van der Waals surface area contributed by atoms with Gasteiger partial charge in [-0.15, -0.1) is 0 Å². The zero-order valence-electron chi connectivity index (χ0n) is 16.4. The zero-order chi connectivity index (χ0) is 20.1. The highest BCUT2D eigenvalue weighted by molar-refractivity contribution is 6.02. The molecule has 1 aromatic carbocycles. The van der Waals surface area contributed by atoms with Crippen LogP contribution in [0.2, 0.25) is 0 Å². The monoisotopic (exact) mass is 384 g/mol. The van der Waals surface area contributed by atoms with Crippen LogP contribution in [0.25, 0.3) is 0 Å². The summed E-state index contributed by atoms with van der Waals surface area (Å²) in [6.45, 7) is 5.38. The van der Waals surface area contributed by atoms with Gasteiger partial charge in [0.2, 0.25) is 5.91 Å². The summed E-state index contributed by atoms with van der Waals surface area (Å²) in [5.41, 5.74) is 2.52. The molecule has 2 N–H and O–H groups in total. The Balaban J connectivity index is 1.78. The predicted octanol–water partition coefficient (Wildman–Crippen LogP) is 2.08. The van der Waals surface area contributed by atoms with E-state index in [-0.39, 0.29) is 23.9 Å². The molecule has 0 saturated carbocycles. The third-order valence-corrected chi connectivity index (χ3v) is 5.50. The van der Waals surface area contributed by atoms with Gasteiger partial charge in [0.05, 0.1) is 0 Å². The summed E-state index contributed by atoms with van der Waals surface area (Å²) in [6, 6.07) is 5.34. The lowest BCUT2D eigenvalue weighted by molar-refractivity contribution is -0.114. The first-order valence-electron chi connectivity index (χ1n) is 9.88. The molecule has 1 aromatic rings. The number of anilines is 1. The molecule has 2 heterocycles. The Morgan fingerprint density at radius 3 is 2.79 bits per heavy atom. The second-order valence-corrected chi connectivity index (χ2v) is 7.25. The van der Waals surface area contributed by atoms with Crippen LogP contribution in [0.15, 0.2) is 30.9 Å². The van der Waals surface area contributed by atoms with Crippen LogP contribution in [0.5, 0.6) is 0 Å². The van der Waals surface area contributed by atoms with Crippen LogP contribution in [-0.4, -0.2) is 55.5 Å². The zero-order valence-corrected chi connectivity index (χ0v) is 16.4. The summed E-state index contributed by atoms with van der Waals surface area (Å²) in [7, 11) is 1.58. The van der Waals surface area contributed by atoms with Crippen LogP contribution in [0.3, 0.4) is 0 Å². The van der Waals surface area contributed by atoms with Gasteiger partial charge in [0.25, 0.3) is 5.91 Å². The predicted molar refractivity (Wildman–Crippen MR) is 108 cm³/mol. The fraction of sp³-hybridized carbons (Fsp3) is 0.476. The second kappa shape index (κ2) is 8.91. The number of fused-ring (bicyclic) bond motifs is 1. The van der Waals surface area contributed by atoms with Crippen molar-refractivity contribution in [2.45, 2.75) is 38.1 Å². The maximum atomic E-state index is 13.2. The molecule has 7 heteroatoms. The van der Waals surface area contributed by atoms with Gasteiger partial charge in [-0.3, -0.25) is 9.59 Å². The molecule has 150 valence electrons. The third kappa shape index (κ3) is 4.18. The molecule has 1 saturated heterocycles. The van der Waals surface area contributed by atoms with E-state index in [1.807, 2.05) is 17.0 Å². The Kier molecular flexibility index (Phi) is 6.34. The number of aryl methyl sites for hydroxylation is 1. The number of carbonyl (C=O) groups is 3. The molecule has 1 unspecified atom stereocenters. The summed E-state index contributed by atoms with van der Waals surface area (Å²) in [6.07, 6.45) is 5.93. The summed E-state index contributed by atoms with van der Waals surface area (Å²) in [4.78, 5) is 40.4. The first kappa shape index (κ1) is 19.9. The van der Waals surface area contributed by atoms with E-state index in [9.17, 15) is 14.4 Å². The van der Waals surface area contributed by atoms with Gasteiger partial charge in [-0.25, -0.2) is 4.79 Å². The third-order valence-electron chi connectivity index (χ3n) is 5.50. The number of carbonyl (C=O) groups excluding carboxylic acids is 3. The molecule has 28 heavy (non-hydrogen) atoms. The van der Waals surface area contributed by atoms with Gasteiger partial charge < -0.3 is 20.4 Å². The van der Waals surface area contributed by atoms with E-state index < -0.39 is 0 Å². The standard InChI is InChI=1S/C21H28N4O3/c1-3-19(26)25-12-6-7-15-13-16(9-10-18(15)25)20(27)24-11-5-4-8-17(24)14-23-21(28)22-2/h3,9-10,13,17H,1,4-8,11-12,14H2,2H3,(H2,22,23,28). The molecular formula is C21H28N4O3. The molecule has 4 amide bonds. The summed E-state index contributed by atoms with van der Waals surface area (Å²) in [5.74, 6) is -0.130. The first-order chi connectivity index (χ1) is 13.5. The first-order valence-corrected chi connectivity index (χ1v) is 9.88. The Hall–Kier alpha value is -2.83. The van der Waals surface area contributed by atoms with Crippen molar-refractivity contribution in [3.05, 3.63) is 42.0 Å². The van der Waals surface area contributed by atoms with Gasteiger partial charge in [0, 0.05) is 44.0 Å². The number of amides is 4. The fourth-order valence-corrected chi connectivity index (χ4v) is 4.01. The normalized spacial score (nSPS) is 18.8. The number of likely N-dealkylation sites (tertiary alicyclic amines) is 1. The van der Waals surface area contributed by atoms with Crippen LogP contribution in [0.1, 0.15) is 41.6 Å². The Bertz CT molecular complexity index is 777. The summed E-state index contributed by atoms with van der Waals surface area (Å²) in [5, 5.41) is 5.36. The fourth-order valence-electron chi connectivity index (χ4n) is 4.01. The Morgan fingerprint density at radius 2 is 2.04 bits per heavy atom. The van der Waals surface area contributed by atoms with Crippen molar-refractivity contribution in [2.75, 3.05) is 31.6 Å². The molecule has 0 bridgehead atoms. The molecule has 0 aromatic heterocycles. The minimum absolute atomic E-state index is 0.00609. The number of hydrogen-bond donors (Lipinski definition) is 2. The van der Waals surface area contributed by atoms with Gasteiger partial charge in [0.1, 0.15) is 0 Å². The minimum Gasteiger partial charge on any atom is -0.341 e. The molecule has 2 aliphatic heterocycles. The average Bonchev–Trinajstić information content (AvgIpc) is 2.75. The van der Waals surface area contributed by atoms with Crippen LogP contribution in [-0.2, 0) is 11.2 Å². The maximum absolute atomic E-state index is 13.2. The van der Waals surface area contributed by atoms with E-state index in [0.29, 0.717) is 25.2 Å². The van der Waals surface area contributed by atoms with Crippen LogP contribution < -0.4 is 15.5 Å². The molecule has 0 radical (unpaired) electrons.